The smallest absolute Gasteiger partial charge is 0.305 e. The number of thiophene rings is 1. The van der Waals surface area contributed by atoms with Crippen LogP contribution < -0.4 is 5.30 Å². The summed E-state index contributed by atoms with van der Waals surface area (Å²) >= 11 is 1.64. The van der Waals surface area contributed by atoms with Gasteiger partial charge in [0.25, 0.3) is 0 Å². The molecule has 0 amide bonds. The fraction of sp³-hybridized carbons (Fsp3) is 0.143. The van der Waals surface area contributed by atoms with E-state index in [1.165, 1.54) is 10.8 Å². The van der Waals surface area contributed by atoms with Gasteiger partial charge < -0.3 is 9.05 Å². The Labute approximate surface area is 198 Å². The molecule has 0 aliphatic carbocycles. The summed E-state index contributed by atoms with van der Waals surface area (Å²) < 4.78 is 25.6. The maximum Gasteiger partial charge on any atom is 0.362 e. The first kappa shape index (κ1) is 22.1. The van der Waals surface area contributed by atoms with E-state index >= 15 is 0 Å². The summed E-state index contributed by atoms with van der Waals surface area (Å²) in [5, 5.41) is 5.24. The van der Waals surface area contributed by atoms with E-state index in [1.54, 1.807) is 11.3 Å². The van der Waals surface area contributed by atoms with E-state index in [-0.39, 0.29) is 0 Å². The highest BCUT2D eigenvalue weighted by atomic mass is 32.1. The molecule has 5 aromatic rings. The molecular formula is C28H25O3PS. The number of fused-ring (bicyclic) bond motifs is 2. The number of rotatable bonds is 7. The molecule has 4 aromatic carbocycles. The molecule has 5 heteroatoms. The lowest BCUT2D eigenvalue weighted by Crippen LogP contribution is -2.11. The van der Waals surface area contributed by atoms with Gasteiger partial charge in [-0.3, -0.25) is 4.57 Å². The third kappa shape index (κ3) is 4.05. The molecule has 0 unspecified atom stereocenters. The van der Waals surface area contributed by atoms with E-state index in [0.29, 0.717) is 18.5 Å². The maximum atomic E-state index is 14.0. The molecule has 0 bridgehead atoms. The first-order valence-corrected chi connectivity index (χ1v) is 13.5. The van der Waals surface area contributed by atoms with Gasteiger partial charge in [0.05, 0.1) is 23.4 Å². The Kier molecular flexibility index (Phi) is 6.18. The van der Waals surface area contributed by atoms with Crippen LogP contribution in [0.4, 0.5) is 0 Å². The molecule has 1 heterocycles. The van der Waals surface area contributed by atoms with Crippen LogP contribution in [0.1, 0.15) is 13.8 Å². The van der Waals surface area contributed by atoms with E-state index in [4.69, 9.17) is 9.05 Å². The Morgan fingerprint density at radius 2 is 1.21 bits per heavy atom. The van der Waals surface area contributed by atoms with Crippen molar-refractivity contribution in [3.05, 3.63) is 91.0 Å². The predicted octanol–water partition coefficient (Wildman–Crippen LogP) is 8.28. The molecule has 0 aliphatic heterocycles. The van der Waals surface area contributed by atoms with Crippen LogP contribution in [0.2, 0.25) is 0 Å². The standard InChI is InChI=1S/C28H25O3PS/c1-3-30-32(29,31-4-2)26-19-27(24-17-9-13-20-11-5-7-15-22(20)24)33-28(26)25-18-10-14-21-12-6-8-16-23(21)25/h5-19H,3-4H2,1-2H3. The minimum atomic E-state index is -3.50. The van der Waals surface area contributed by atoms with Crippen LogP contribution in [0, 0.1) is 0 Å². The van der Waals surface area contributed by atoms with Gasteiger partial charge >= 0.3 is 7.60 Å². The summed E-state index contributed by atoms with van der Waals surface area (Å²) in [4.78, 5) is 1.98. The highest BCUT2D eigenvalue weighted by Gasteiger charge is 2.33. The third-order valence-electron chi connectivity index (χ3n) is 5.69. The molecule has 0 saturated heterocycles. The summed E-state index contributed by atoms with van der Waals surface area (Å²) in [7, 11) is -3.50. The molecule has 5 rings (SSSR count). The molecule has 0 radical (unpaired) electrons. The van der Waals surface area contributed by atoms with Gasteiger partial charge in [0.2, 0.25) is 0 Å². The van der Waals surface area contributed by atoms with Gasteiger partial charge in [-0.05, 0) is 47.0 Å². The van der Waals surface area contributed by atoms with E-state index in [2.05, 4.69) is 60.7 Å². The maximum absolute atomic E-state index is 14.0. The van der Waals surface area contributed by atoms with Crippen molar-refractivity contribution in [3.63, 3.8) is 0 Å². The van der Waals surface area contributed by atoms with Crippen molar-refractivity contribution in [1.82, 2.24) is 0 Å². The first-order valence-electron chi connectivity index (χ1n) is 11.1. The quantitative estimate of drug-likeness (QED) is 0.224. The van der Waals surface area contributed by atoms with Crippen molar-refractivity contribution in [2.45, 2.75) is 13.8 Å². The zero-order valence-corrected chi connectivity index (χ0v) is 20.4. The average Bonchev–Trinajstić information content (AvgIpc) is 3.30. The van der Waals surface area contributed by atoms with Crippen molar-refractivity contribution in [1.29, 1.82) is 0 Å². The van der Waals surface area contributed by atoms with Crippen molar-refractivity contribution in [2.75, 3.05) is 13.2 Å². The van der Waals surface area contributed by atoms with Gasteiger partial charge in [0, 0.05) is 10.4 Å². The Morgan fingerprint density at radius 3 is 1.82 bits per heavy atom. The zero-order chi connectivity index (χ0) is 22.8. The molecule has 0 fully saturated rings. The van der Waals surface area contributed by atoms with Crippen LogP contribution >= 0.6 is 18.9 Å². The van der Waals surface area contributed by atoms with Gasteiger partial charge in [0.1, 0.15) is 0 Å². The highest BCUT2D eigenvalue weighted by molar-refractivity contribution is 7.63. The molecule has 0 atom stereocenters. The second kappa shape index (κ2) is 9.24. The summed E-state index contributed by atoms with van der Waals surface area (Å²) in [5.74, 6) is 0. The molecule has 1 aromatic heterocycles. The molecule has 0 aliphatic rings. The van der Waals surface area contributed by atoms with Crippen LogP contribution in [0.15, 0.2) is 91.0 Å². The topological polar surface area (TPSA) is 35.5 Å². The predicted molar refractivity (Wildman–Crippen MR) is 141 cm³/mol. The van der Waals surface area contributed by atoms with E-state index in [9.17, 15) is 4.57 Å². The Balaban J connectivity index is 1.81. The normalized spacial score (nSPS) is 11.9. The van der Waals surface area contributed by atoms with Crippen LogP contribution in [0.25, 0.3) is 42.4 Å². The second-order valence-corrected chi connectivity index (χ2v) is 10.8. The van der Waals surface area contributed by atoms with Gasteiger partial charge in [-0.15, -0.1) is 11.3 Å². The summed E-state index contributed by atoms with van der Waals surface area (Å²) in [6.07, 6.45) is 0. The molecule has 3 nitrogen and oxygen atoms in total. The fourth-order valence-electron chi connectivity index (χ4n) is 4.29. The summed E-state index contributed by atoms with van der Waals surface area (Å²) in [6.45, 7) is 4.32. The van der Waals surface area contributed by atoms with Crippen LogP contribution in [-0.4, -0.2) is 13.2 Å². The Hall–Kier alpha value is -2.75. The fourth-order valence-corrected chi connectivity index (χ4v) is 7.68. The van der Waals surface area contributed by atoms with Gasteiger partial charge in [-0.2, -0.15) is 0 Å². The van der Waals surface area contributed by atoms with Crippen LogP contribution in [-0.2, 0) is 13.6 Å². The lowest BCUT2D eigenvalue weighted by atomic mass is 10.0. The van der Waals surface area contributed by atoms with E-state index in [0.717, 1.165) is 31.7 Å². The number of hydrogen-bond acceptors (Lipinski definition) is 4. The minimum Gasteiger partial charge on any atom is -0.305 e. The van der Waals surface area contributed by atoms with Crippen molar-refractivity contribution < 1.29 is 13.6 Å². The van der Waals surface area contributed by atoms with Crippen molar-refractivity contribution >= 4 is 45.8 Å². The SMILES string of the molecule is CCOP(=O)(OCC)c1cc(-c2cccc3ccccc23)sc1-c1cccc2ccccc12. The van der Waals surface area contributed by atoms with Crippen LogP contribution in [0.3, 0.4) is 0 Å². The minimum absolute atomic E-state index is 0.311. The van der Waals surface area contributed by atoms with Gasteiger partial charge in [0.15, 0.2) is 0 Å². The molecule has 166 valence electrons. The Morgan fingerprint density at radius 1 is 0.697 bits per heavy atom. The molecule has 0 N–H and O–H groups in total. The second-order valence-electron chi connectivity index (χ2n) is 7.71. The molecule has 33 heavy (non-hydrogen) atoms. The Bertz CT molecular complexity index is 1470. The lowest BCUT2D eigenvalue weighted by molar-refractivity contribution is 0.230. The lowest BCUT2D eigenvalue weighted by Gasteiger charge is -2.18. The van der Waals surface area contributed by atoms with E-state index in [1.807, 2.05) is 44.2 Å². The monoisotopic (exact) mass is 472 g/mol. The van der Waals surface area contributed by atoms with E-state index < -0.39 is 7.60 Å². The number of benzene rings is 4. The summed E-state index contributed by atoms with van der Waals surface area (Å²) in [6, 6.07) is 31.2. The molecular weight excluding hydrogens is 447 g/mol. The third-order valence-corrected chi connectivity index (χ3v) is 9.19. The van der Waals surface area contributed by atoms with Crippen LogP contribution in [0.5, 0.6) is 0 Å². The van der Waals surface area contributed by atoms with Crippen molar-refractivity contribution in [2.24, 2.45) is 0 Å². The largest absolute Gasteiger partial charge is 0.362 e. The molecule has 0 spiro atoms. The molecule has 0 saturated carbocycles. The van der Waals surface area contributed by atoms with Gasteiger partial charge in [-0.1, -0.05) is 84.9 Å². The average molecular weight is 473 g/mol. The first-order chi connectivity index (χ1) is 16.1. The van der Waals surface area contributed by atoms with Crippen molar-refractivity contribution in [3.8, 4) is 20.9 Å². The number of hydrogen-bond donors (Lipinski definition) is 0. The zero-order valence-electron chi connectivity index (χ0n) is 18.7. The van der Waals surface area contributed by atoms with Gasteiger partial charge in [-0.25, -0.2) is 0 Å². The highest BCUT2D eigenvalue weighted by Crippen LogP contribution is 2.53. The summed E-state index contributed by atoms with van der Waals surface area (Å²) in [5.41, 5.74) is 2.16.